The lowest BCUT2D eigenvalue weighted by Gasteiger charge is -2.38. The van der Waals surface area contributed by atoms with Crippen LogP contribution in [-0.2, 0) is 4.74 Å². The number of carbonyl (C=O) groups is 1. The van der Waals surface area contributed by atoms with E-state index in [9.17, 15) is 4.79 Å². The smallest absolute Gasteiger partial charge is 0.335 e. The molecule has 2 rings (SSSR count). The van der Waals surface area contributed by atoms with Gasteiger partial charge >= 0.3 is 5.97 Å². The number of carboxylic acids is 1. The van der Waals surface area contributed by atoms with Crippen LogP contribution in [0, 0.1) is 6.92 Å². The quantitative estimate of drug-likeness (QED) is 0.865. The number of anilines is 1. The minimum Gasteiger partial charge on any atom is -0.478 e. The molecule has 0 atom stereocenters. The third-order valence-corrected chi connectivity index (χ3v) is 2.94. The Labute approximate surface area is 106 Å². The molecule has 0 bridgehead atoms. The van der Waals surface area contributed by atoms with E-state index >= 15 is 0 Å². The Bertz CT molecular complexity index is 471. The summed E-state index contributed by atoms with van der Waals surface area (Å²) in [4.78, 5) is 17.5. The highest BCUT2D eigenvalue weighted by atomic mass is 16.5. The van der Waals surface area contributed by atoms with Crippen LogP contribution in [-0.4, -0.2) is 41.4 Å². The summed E-state index contributed by atoms with van der Waals surface area (Å²) in [6.45, 7) is 7.92. The lowest BCUT2D eigenvalue weighted by Crippen LogP contribution is -2.48. The molecule has 0 aliphatic carbocycles. The molecule has 0 amide bonds. The molecule has 0 unspecified atom stereocenters. The van der Waals surface area contributed by atoms with Crippen molar-refractivity contribution in [1.82, 2.24) is 4.98 Å². The molecule has 1 saturated heterocycles. The normalized spacial score (nSPS) is 18.7. The minimum atomic E-state index is -0.922. The van der Waals surface area contributed by atoms with Crippen LogP contribution >= 0.6 is 0 Å². The number of aromatic carboxylic acids is 1. The van der Waals surface area contributed by atoms with Gasteiger partial charge in [0.2, 0.25) is 0 Å². The first-order valence-corrected chi connectivity index (χ1v) is 5.98. The zero-order valence-corrected chi connectivity index (χ0v) is 10.9. The largest absolute Gasteiger partial charge is 0.478 e. The van der Waals surface area contributed by atoms with Crippen molar-refractivity contribution in [3.8, 4) is 0 Å². The maximum atomic E-state index is 11.0. The van der Waals surface area contributed by atoms with Crippen LogP contribution in [0.3, 0.4) is 0 Å². The average molecular weight is 250 g/mol. The first-order valence-electron chi connectivity index (χ1n) is 5.98. The second kappa shape index (κ2) is 4.57. The molecule has 2 heterocycles. The molecule has 98 valence electrons. The number of ether oxygens (including phenoxy) is 1. The zero-order valence-electron chi connectivity index (χ0n) is 10.9. The number of carboxylic acid groups (broad SMARTS) is 1. The summed E-state index contributed by atoms with van der Waals surface area (Å²) in [5.41, 5.74) is 0.767. The van der Waals surface area contributed by atoms with E-state index < -0.39 is 5.97 Å². The van der Waals surface area contributed by atoms with E-state index in [1.54, 1.807) is 12.1 Å². The van der Waals surface area contributed by atoms with Gasteiger partial charge in [0, 0.05) is 18.8 Å². The number of aromatic nitrogens is 1. The van der Waals surface area contributed by atoms with Crippen LogP contribution in [0.1, 0.15) is 29.9 Å². The van der Waals surface area contributed by atoms with E-state index in [2.05, 4.69) is 9.88 Å². The maximum Gasteiger partial charge on any atom is 0.335 e. The summed E-state index contributed by atoms with van der Waals surface area (Å²) in [5.74, 6) is -0.210. The van der Waals surface area contributed by atoms with Crippen molar-refractivity contribution < 1.29 is 14.6 Å². The Morgan fingerprint density at radius 3 is 2.83 bits per heavy atom. The van der Waals surface area contributed by atoms with Gasteiger partial charge in [-0.25, -0.2) is 9.78 Å². The van der Waals surface area contributed by atoms with Gasteiger partial charge in [-0.15, -0.1) is 0 Å². The lowest BCUT2D eigenvalue weighted by molar-refractivity contribution is -0.0279. The summed E-state index contributed by atoms with van der Waals surface area (Å²) in [6, 6.07) is 3.20. The van der Waals surface area contributed by atoms with E-state index in [4.69, 9.17) is 9.84 Å². The number of nitrogens with zero attached hydrogens (tertiary/aromatic N) is 2. The maximum absolute atomic E-state index is 11.0. The topological polar surface area (TPSA) is 62.7 Å². The first kappa shape index (κ1) is 12.8. The van der Waals surface area contributed by atoms with Crippen molar-refractivity contribution in [2.24, 2.45) is 0 Å². The summed E-state index contributed by atoms with van der Waals surface area (Å²) in [5, 5.41) is 9.06. The summed E-state index contributed by atoms with van der Waals surface area (Å²) in [7, 11) is 0. The van der Waals surface area contributed by atoms with Gasteiger partial charge in [-0.1, -0.05) is 0 Å². The summed E-state index contributed by atoms with van der Waals surface area (Å²) in [6.07, 6.45) is 0. The number of aryl methyl sites for hydroxylation is 1. The lowest BCUT2D eigenvalue weighted by atomic mass is 10.1. The second-order valence-electron chi connectivity index (χ2n) is 5.19. The molecule has 1 aromatic heterocycles. The summed E-state index contributed by atoms with van der Waals surface area (Å²) >= 11 is 0. The highest BCUT2D eigenvalue weighted by Gasteiger charge is 2.28. The third kappa shape index (κ3) is 2.79. The Morgan fingerprint density at radius 2 is 2.22 bits per heavy atom. The van der Waals surface area contributed by atoms with Crippen LogP contribution in [0.5, 0.6) is 0 Å². The van der Waals surface area contributed by atoms with Crippen molar-refractivity contribution in [1.29, 1.82) is 0 Å². The first-order chi connectivity index (χ1) is 8.37. The van der Waals surface area contributed by atoms with Gasteiger partial charge in [-0.3, -0.25) is 0 Å². The van der Waals surface area contributed by atoms with Crippen LogP contribution in [0.25, 0.3) is 0 Å². The highest BCUT2D eigenvalue weighted by molar-refractivity contribution is 5.88. The van der Waals surface area contributed by atoms with Gasteiger partial charge in [0.1, 0.15) is 5.82 Å². The van der Waals surface area contributed by atoms with E-state index in [0.29, 0.717) is 24.7 Å². The molecule has 0 spiro atoms. The van der Waals surface area contributed by atoms with E-state index in [-0.39, 0.29) is 11.2 Å². The zero-order chi connectivity index (χ0) is 13.3. The van der Waals surface area contributed by atoms with Crippen LogP contribution < -0.4 is 4.90 Å². The fraction of sp³-hybridized carbons (Fsp3) is 0.538. The van der Waals surface area contributed by atoms with E-state index in [0.717, 1.165) is 6.54 Å². The van der Waals surface area contributed by atoms with Gasteiger partial charge in [0.15, 0.2) is 0 Å². The van der Waals surface area contributed by atoms with Crippen LogP contribution in [0.15, 0.2) is 12.1 Å². The second-order valence-corrected chi connectivity index (χ2v) is 5.19. The Balaban J connectivity index is 2.30. The number of hydrogen-bond donors (Lipinski definition) is 1. The molecule has 1 aromatic rings. The fourth-order valence-corrected chi connectivity index (χ4v) is 2.15. The number of morpholine rings is 1. The van der Waals surface area contributed by atoms with E-state index in [1.165, 1.54) is 0 Å². The molecular formula is C13H18N2O3. The number of pyridine rings is 1. The summed E-state index contributed by atoms with van der Waals surface area (Å²) < 4.78 is 5.64. The van der Waals surface area contributed by atoms with Gasteiger partial charge in [-0.05, 0) is 32.9 Å². The third-order valence-electron chi connectivity index (χ3n) is 2.94. The predicted octanol–water partition coefficient (Wildman–Crippen LogP) is 1.70. The molecule has 1 N–H and O–H groups in total. The Kier molecular flexibility index (Phi) is 3.26. The monoisotopic (exact) mass is 250 g/mol. The van der Waals surface area contributed by atoms with Crippen molar-refractivity contribution in [3.63, 3.8) is 0 Å². The Morgan fingerprint density at radius 1 is 1.50 bits per heavy atom. The molecule has 5 heteroatoms. The van der Waals surface area contributed by atoms with Crippen molar-refractivity contribution in [3.05, 3.63) is 23.4 Å². The molecule has 1 fully saturated rings. The molecule has 0 aromatic carbocycles. The average Bonchev–Trinajstić information content (AvgIpc) is 2.26. The standard InChI is InChI=1S/C13H18N2O3/c1-9-6-10(12(16)17)7-11(14-9)15-4-5-18-13(2,3)8-15/h6-7H,4-5,8H2,1-3H3,(H,16,17). The molecular weight excluding hydrogens is 232 g/mol. The van der Waals surface area contributed by atoms with Crippen molar-refractivity contribution >= 4 is 11.8 Å². The molecule has 18 heavy (non-hydrogen) atoms. The Hall–Kier alpha value is -1.62. The fourth-order valence-electron chi connectivity index (χ4n) is 2.15. The number of rotatable bonds is 2. The van der Waals surface area contributed by atoms with Gasteiger partial charge < -0.3 is 14.7 Å². The van der Waals surface area contributed by atoms with Gasteiger partial charge in [0.05, 0.1) is 17.8 Å². The molecule has 1 aliphatic rings. The molecule has 0 saturated carbocycles. The van der Waals surface area contributed by atoms with Gasteiger partial charge in [-0.2, -0.15) is 0 Å². The molecule has 0 radical (unpaired) electrons. The van der Waals surface area contributed by atoms with Crippen molar-refractivity contribution in [2.75, 3.05) is 24.6 Å². The molecule has 1 aliphatic heterocycles. The predicted molar refractivity (Wildman–Crippen MR) is 68.2 cm³/mol. The number of hydrogen-bond acceptors (Lipinski definition) is 4. The highest BCUT2D eigenvalue weighted by Crippen LogP contribution is 2.22. The SMILES string of the molecule is Cc1cc(C(=O)O)cc(N2CCOC(C)(C)C2)n1. The molecule has 5 nitrogen and oxygen atoms in total. The van der Waals surface area contributed by atoms with Crippen LogP contribution in [0.4, 0.5) is 5.82 Å². The van der Waals surface area contributed by atoms with Crippen molar-refractivity contribution in [2.45, 2.75) is 26.4 Å². The van der Waals surface area contributed by atoms with Gasteiger partial charge in [0.25, 0.3) is 0 Å². The van der Waals surface area contributed by atoms with Crippen LogP contribution in [0.2, 0.25) is 0 Å². The minimum absolute atomic E-state index is 0.229. The van der Waals surface area contributed by atoms with E-state index in [1.807, 2.05) is 20.8 Å².